The van der Waals surface area contributed by atoms with Gasteiger partial charge in [0, 0.05) is 17.6 Å². The van der Waals surface area contributed by atoms with Gasteiger partial charge in [0.2, 0.25) is 0 Å². The number of aromatic nitrogens is 1. The van der Waals surface area contributed by atoms with Crippen LogP contribution in [-0.2, 0) is 28.9 Å². The number of hydrogen-bond donors (Lipinski definition) is 1. The molecule has 5 heteroatoms. The fraction of sp³-hybridized carbons (Fsp3) is 0.292. The molecular formula is C24H24N2O3. The monoisotopic (exact) mass is 388 g/mol. The second-order valence-electron chi connectivity index (χ2n) is 7.53. The number of esters is 1. The second-order valence-corrected chi connectivity index (χ2v) is 7.53. The van der Waals surface area contributed by atoms with Gasteiger partial charge in [0.15, 0.2) is 6.10 Å². The first-order chi connectivity index (χ1) is 14.0. The van der Waals surface area contributed by atoms with Crippen molar-refractivity contribution >= 4 is 22.8 Å². The first-order valence-corrected chi connectivity index (χ1v) is 9.97. The molecule has 2 aromatic carbocycles. The number of benzene rings is 2. The number of ether oxygens (including phenoxy) is 1. The number of para-hydroxylation sites is 1. The molecule has 4 rings (SSSR count). The molecule has 0 aliphatic heterocycles. The van der Waals surface area contributed by atoms with Crippen LogP contribution in [0.3, 0.4) is 0 Å². The lowest BCUT2D eigenvalue weighted by Crippen LogP contribution is -2.35. The predicted molar refractivity (Wildman–Crippen MR) is 112 cm³/mol. The number of fused-ring (bicyclic) bond motifs is 2. The van der Waals surface area contributed by atoms with Gasteiger partial charge in [-0.05, 0) is 50.3 Å². The lowest BCUT2D eigenvalue weighted by molar-refractivity contribution is -0.129. The molecule has 5 nitrogen and oxygen atoms in total. The van der Waals surface area contributed by atoms with E-state index in [-0.39, 0.29) is 5.91 Å². The molecule has 0 saturated heterocycles. The Kier molecular flexibility index (Phi) is 5.30. The normalized spacial score (nSPS) is 13.7. The standard InChI is InChI=1S/C24H24N2O3/c1-15-10-12-17(13-11-15)14-25-23(27)16(2)29-24(28)22-18-6-3-4-8-20(18)26-21-9-5-7-19(21)22/h3-4,6,8,10-13,16H,5,7,9,14H2,1-2H3,(H,25,27)/t16-/m0/s1. The second kappa shape index (κ2) is 8.03. The lowest BCUT2D eigenvalue weighted by atomic mass is 10.0. The van der Waals surface area contributed by atoms with Gasteiger partial charge >= 0.3 is 5.97 Å². The Hall–Kier alpha value is -3.21. The largest absolute Gasteiger partial charge is 0.449 e. The first kappa shape index (κ1) is 19.1. The summed E-state index contributed by atoms with van der Waals surface area (Å²) in [7, 11) is 0. The lowest BCUT2D eigenvalue weighted by Gasteiger charge is -2.16. The van der Waals surface area contributed by atoms with E-state index in [1.165, 1.54) is 5.56 Å². The Balaban J connectivity index is 1.49. The van der Waals surface area contributed by atoms with Gasteiger partial charge in [-0.1, -0.05) is 48.0 Å². The zero-order valence-corrected chi connectivity index (χ0v) is 16.7. The molecule has 0 saturated carbocycles. The van der Waals surface area contributed by atoms with Crippen LogP contribution < -0.4 is 5.32 Å². The number of carbonyl (C=O) groups excluding carboxylic acids is 2. The van der Waals surface area contributed by atoms with Gasteiger partial charge in [0.25, 0.3) is 5.91 Å². The number of carbonyl (C=O) groups is 2. The molecule has 1 N–H and O–H groups in total. The van der Waals surface area contributed by atoms with E-state index in [1.54, 1.807) is 6.92 Å². The summed E-state index contributed by atoms with van der Waals surface area (Å²) >= 11 is 0. The van der Waals surface area contributed by atoms with Gasteiger partial charge in [-0.25, -0.2) is 4.79 Å². The zero-order chi connectivity index (χ0) is 20.4. The Morgan fingerprint density at radius 3 is 2.66 bits per heavy atom. The average Bonchev–Trinajstić information content (AvgIpc) is 3.19. The van der Waals surface area contributed by atoms with E-state index in [0.29, 0.717) is 12.1 Å². The fourth-order valence-electron chi connectivity index (χ4n) is 3.76. The number of pyridine rings is 1. The summed E-state index contributed by atoms with van der Waals surface area (Å²) in [6.07, 6.45) is 1.78. The van der Waals surface area contributed by atoms with Crippen LogP contribution in [0.5, 0.6) is 0 Å². The highest BCUT2D eigenvalue weighted by atomic mass is 16.5. The van der Waals surface area contributed by atoms with Crippen molar-refractivity contribution in [2.24, 2.45) is 0 Å². The molecule has 1 aromatic heterocycles. The van der Waals surface area contributed by atoms with Gasteiger partial charge in [-0.2, -0.15) is 0 Å². The summed E-state index contributed by atoms with van der Waals surface area (Å²) in [4.78, 5) is 30.2. The summed E-state index contributed by atoms with van der Waals surface area (Å²) in [5.74, 6) is -0.770. The minimum absolute atomic E-state index is 0.311. The van der Waals surface area contributed by atoms with Crippen LogP contribution in [0.15, 0.2) is 48.5 Å². The maximum atomic E-state index is 13.0. The molecule has 0 fully saturated rings. The van der Waals surface area contributed by atoms with Crippen LogP contribution in [0.2, 0.25) is 0 Å². The van der Waals surface area contributed by atoms with E-state index in [9.17, 15) is 9.59 Å². The summed E-state index contributed by atoms with van der Waals surface area (Å²) in [6, 6.07) is 15.5. The van der Waals surface area contributed by atoms with E-state index in [1.807, 2.05) is 55.5 Å². The zero-order valence-electron chi connectivity index (χ0n) is 16.7. The number of aryl methyl sites for hydroxylation is 2. The Bertz CT molecular complexity index is 1070. The molecule has 0 spiro atoms. The summed E-state index contributed by atoms with van der Waals surface area (Å²) in [5.41, 5.74) is 5.44. The minimum atomic E-state index is -0.878. The van der Waals surface area contributed by atoms with Gasteiger partial charge in [-0.15, -0.1) is 0 Å². The molecule has 1 aliphatic carbocycles. The van der Waals surface area contributed by atoms with E-state index in [2.05, 4.69) is 5.32 Å². The molecular weight excluding hydrogens is 364 g/mol. The molecule has 1 aliphatic rings. The van der Waals surface area contributed by atoms with E-state index >= 15 is 0 Å². The topological polar surface area (TPSA) is 68.3 Å². The molecule has 0 unspecified atom stereocenters. The Morgan fingerprint density at radius 2 is 1.86 bits per heavy atom. The summed E-state index contributed by atoms with van der Waals surface area (Å²) < 4.78 is 5.56. The maximum Gasteiger partial charge on any atom is 0.339 e. The minimum Gasteiger partial charge on any atom is -0.449 e. The average molecular weight is 388 g/mol. The third-order valence-corrected chi connectivity index (χ3v) is 5.36. The number of nitrogens with one attached hydrogen (secondary N) is 1. The summed E-state index contributed by atoms with van der Waals surface area (Å²) in [5, 5.41) is 3.62. The van der Waals surface area contributed by atoms with Crippen molar-refractivity contribution in [3.05, 3.63) is 76.5 Å². The third kappa shape index (κ3) is 3.99. The Morgan fingerprint density at radius 1 is 1.10 bits per heavy atom. The van der Waals surface area contributed by atoms with Crippen molar-refractivity contribution in [3.63, 3.8) is 0 Å². The highest BCUT2D eigenvalue weighted by Crippen LogP contribution is 2.30. The fourth-order valence-corrected chi connectivity index (χ4v) is 3.76. The number of nitrogens with zero attached hydrogens (tertiary/aromatic N) is 1. The Labute approximate surface area is 170 Å². The van der Waals surface area contributed by atoms with E-state index < -0.39 is 12.1 Å². The van der Waals surface area contributed by atoms with Crippen molar-refractivity contribution in [2.45, 2.75) is 45.8 Å². The quantitative estimate of drug-likeness (QED) is 0.673. The first-order valence-electron chi connectivity index (χ1n) is 9.97. The molecule has 0 bridgehead atoms. The van der Waals surface area contributed by atoms with Crippen LogP contribution in [0.25, 0.3) is 10.9 Å². The molecule has 29 heavy (non-hydrogen) atoms. The van der Waals surface area contributed by atoms with Gasteiger partial charge in [-0.3, -0.25) is 9.78 Å². The molecule has 148 valence electrons. The summed E-state index contributed by atoms with van der Waals surface area (Å²) in [6.45, 7) is 4.02. The van der Waals surface area contributed by atoms with E-state index in [4.69, 9.17) is 9.72 Å². The molecule has 0 radical (unpaired) electrons. The number of rotatable bonds is 5. The van der Waals surface area contributed by atoms with Crippen molar-refractivity contribution in [2.75, 3.05) is 0 Å². The van der Waals surface area contributed by atoms with Crippen molar-refractivity contribution in [1.82, 2.24) is 10.3 Å². The van der Waals surface area contributed by atoms with Gasteiger partial charge < -0.3 is 10.1 Å². The highest BCUT2D eigenvalue weighted by molar-refractivity contribution is 6.05. The van der Waals surface area contributed by atoms with Crippen LogP contribution in [0, 0.1) is 6.92 Å². The van der Waals surface area contributed by atoms with Crippen molar-refractivity contribution < 1.29 is 14.3 Å². The number of hydrogen-bond acceptors (Lipinski definition) is 4. The smallest absolute Gasteiger partial charge is 0.339 e. The van der Waals surface area contributed by atoms with Gasteiger partial charge in [0.1, 0.15) is 0 Å². The molecule has 3 aromatic rings. The predicted octanol–water partition coefficient (Wildman–Crippen LogP) is 3.89. The van der Waals surface area contributed by atoms with Crippen LogP contribution >= 0.6 is 0 Å². The maximum absolute atomic E-state index is 13.0. The third-order valence-electron chi connectivity index (χ3n) is 5.36. The highest BCUT2D eigenvalue weighted by Gasteiger charge is 2.27. The van der Waals surface area contributed by atoms with Crippen molar-refractivity contribution in [1.29, 1.82) is 0 Å². The van der Waals surface area contributed by atoms with Crippen LogP contribution in [-0.4, -0.2) is 23.0 Å². The SMILES string of the molecule is Cc1ccc(CNC(=O)[C@H](C)OC(=O)c2c3c(nc4ccccc24)CCC3)cc1. The molecule has 1 amide bonds. The number of amides is 1. The molecule has 1 heterocycles. The van der Waals surface area contributed by atoms with E-state index in [0.717, 1.165) is 47.0 Å². The van der Waals surface area contributed by atoms with Crippen molar-refractivity contribution in [3.8, 4) is 0 Å². The van der Waals surface area contributed by atoms with Crippen LogP contribution in [0.1, 0.15) is 46.1 Å². The van der Waals surface area contributed by atoms with Gasteiger partial charge in [0.05, 0.1) is 11.1 Å². The molecule has 1 atom stereocenters. The van der Waals surface area contributed by atoms with Crippen LogP contribution in [0.4, 0.5) is 0 Å².